The zero-order valence-electron chi connectivity index (χ0n) is 9.30. The molecule has 1 aliphatic rings. The van der Waals surface area contributed by atoms with Crippen LogP contribution in [0.2, 0.25) is 0 Å². The van der Waals surface area contributed by atoms with Crippen molar-refractivity contribution in [3.8, 4) is 0 Å². The molecular formula is C11H24N+. The van der Waals surface area contributed by atoms with Gasteiger partial charge in [0.05, 0.1) is 26.2 Å². The molecule has 0 fully saturated rings. The summed E-state index contributed by atoms with van der Waals surface area (Å²) in [7, 11) is 2.34. The molecule has 0 saturated carbocycles. The summed E-state index contributed by atoms with van der Waals surface area (Å²) in [6.07, 6.45) is 5.86. The van der Waals surface area contributed by atoms with E-state index in [-0.39, 0.29) is 0 Å². The zero-order valence-corrected chi connectivity index (χ0v) is 9.30. The maximum atomic E-state index is 2.34. The second-order valence-electron chi connectivity index (χ2n) is 3.74. The van der Waals surface area contributed by atoms with E-state index in [1.165, 1.54) is 24.0 Å². The highest BCUT2D eigenvalue weighted by Crippen LogP contribution is 2.14. The Morgan fingerprint density at radius 2 is 1.75 bits per heavy atom. The van der Waals surface area contributed by atoms with Gasteiger partial charge in [0.25, 0.3) is 0 Å². The third-order valence-electron chi connectivity index (χ3n) is 2.74. The van der Waals surface area contributed by atoms with Crippen LogP contribution in [-0.4, -0.2) is 30.7 Å². The molecule has 0 N–H and O–H groups in total. The molecule has 0 bridgehead atoms. The van der Waals surface area contributed by atoms with Gasteiger partial charge in [0.1, 0.15) is 0 Å². The third kappa shape index (κ3) is 2.98. The van der Waals surface area contributed by atoms with Crippen molar-refractivity contribution in [1.82, 2.24) is 0 Å². The number of hydrogen-bond donors (Lipinski definition) is 0. The van der Waals surface area contributed by atoms with Crippen LogP contribution in [0.5, 0.6) is 0 Å². The Labute approximate surface area is 77.7 Å². The van der Waals surface area contributed by atoms with Crippen molar-refractivity contribution >= 4 is 0 Å². The van der Waals surface area contributed by atoms with E-state index < -0.39 is 0 Å². The molecule has 1 heterocycles. The summed E-state index contributed by atoms with van der Waals surface area (Å²) in [6, 6.07) is 0.768. The lowest BCUT2D eigenvalue weighted by atomic mass is 10.1. The van der Waals surface area contributed by atoms with Crippen molar-refractivity contribution in [2.24, 2.45) is 0 Å². The van der Waals surface area contributed by atoms with Crippen molar-refractivity contribution in [3.63, 3.8) is 0 Å². The van der Waals surface area contributed by atoms with Gasteiger partial charge in [0.15, 0.2) is 0 Å². The monoisotopic (exact) mass is 170 g/mol. The lowest BCUT2D eigenvalue weighted by Gasteiger charge is -2.39. The first kappa shape index (κ1) is 11.7. The van der Waals surface area contributed by atoms with Gasteiger partial charge in [-0.1, -0.05) is 19.9 Å². The molecule has 0 aromatic heterocycles. The molecule has 12 heavy (non-hydrogen) atoms. The van der Waals surface area contributed by atoms with Gasteiger partial charge >= 0.3 is 0 Å². The molecule has 1 unspecified atom stereocenters. The third-order valence-corrected chi connectivity index (χ3v) is 2.74. The van der Waals surface area contributed by atoms with Crippen molar-refractivity contribution in [3.05, 3.63) is 12.2 Å². The van der Waals surface area contributed by atoms with Crippen LogP contribution in [0.25, 0.3) is 0 Å². The van der Waals surface area contributed by atoms with Crippen LogP contribution in [0.1, 0.15) is 34.1 Å². The van der Waals surface area contributed by atoms with Gasteiger partial charge < -0.3 is 4.48 Å². The predicted octanol–water partition coefficient (Wildman–Crippen LogP) is 2.83. The quantitative estimate of drug-likeness (QED) is 0.419. The molecule has 1 aliphatic heterocycles. The first-order valence-electron chi connectivity index (χ1n) is 5.14. The molecule has 72 valence electrons. The minimum Gasteiger partial charge on any atom is -0.321 e. The first-order chi connectivity index (χ1) is 5.65. The maximum Gasteiger partial charge on any atom is 0.0973 e. The van der Waals surface area contributed by atoms with Gasteiger partial charge in [0.2, 0.25) is 0 Å². The van der Waals surface area contributed by atoms with Crippen LogP contribution in [0, 0.1) is 0 Å². The SMILES string of the molecule is CC.CC(C)[N+]1(C)CC=CCC1. The summed E-state index contributed by atoms with van der Waals surface area (Å²) in [4.78, 5) is 0. The Morgan fingerprint density at radius 3 is 2.00 bits per heavy atom. The molecule has 0 aliphatic carbocycles. The molecule has 1 atom stereocenters. The minimum absolute atomic E-state index is 0.768. The van der Waals surface area contributed by atoms with E-state index in [1.54, 1.807) is 0 Å². The highest BCUT2D eigenvalue weighted by molar-refractivity contribution is 4.85. The highest BCUT2D eigenvalue weighted by Gasteiger charge is 2.24. The van der Waals surface area contributed by atoms with Gasteiger partial charge in [-0.2, -0.15) is 0 Å². The molecule has 0 amide bonds. The molecule has 1 nitrogen and oxygen atoms in total. The Balaban J connectivity index is 0.000000561. The normalized spacial score (nSPS) is 28.2. The Morgan fingerprint density at radius 1 is 1.17 bits per heavy atom. The number of hydrogen-bond acceptors (Lipinski definition) is 0. The highest BCUT2D eigenvalue weighted by atomic mass is 15.3. The van der Waals surface area contributed by atoms with Gasteiger partial charge in [0, 0.05) is 6.42 Å². The smallest absolute Gasteiger partial charge is 0.0973 e. The minimum atomic E-state index is 0.768. The summed E-state index contributed by atoms with van der Waals surface area (Å²) >= 11 is 0. The lowest BCUT2D eigenvalue weighted by molar-refractivity contribution is -0.925. The summed E-state index contributed by atoms with van der Waals surface area (Å²) < 4.78 is 1.22. The second kappa shape index (κ2) is 5.36. The summed E-state index contributed by atoms with van der Waals surface area (Å²) in [6.45, 7) is 11.1. The van der Waals surface area contributed by atoms with E-state index in [0.29, 0.717) is 0 Å². The Bertz CT molecular complexity index is 138. The number of nitrogens with zero attached hydrogens (tertiary/aromatic N) is 1. The number of likely N-dealkylation sites (N-methyl/N-ethyl adjacent to an activating group) is 1. The topological polar surface area (TPSA) is 0 Å². The van der Waals surface area contributed by atoms with Crippen LogP contribution in [0.15, 0.2) is 12.2 Å². The van der Waals surface area contributed by atoms with Crippen LogP contribution >= 0.6 is 0 Å². The summed E-state index contributed by atoms with van der Waals surface area (Å²) in [5, 5.41) is 0. The van der Waals surface area contributed by atoms with E-state index in [9.17, 15) is 0 Å². The fourth-order valence-corrected chi connectivity index (χ4v) is 1.36. The van der Waals surface area contributed by atoms with Crippen LogP contribution in [0.3, 0.4) is 0 Å². The standard InChI is InChI=1S/C9H18N.C2H6/c1-9(2)10(3)7-5-4-6-8-10;1-2/h4-5,9H,6-8H2,1-3H3;1-2H3/q+1;. The van der Waals surface area contributed by atoms with E-state index in [4.69, 9.17) is 0 Å². The fourth-order valence-electron chi connectivity index (χ4n) is 1.36. The van der Waals surface area contributed by atoms with E-state index in [1.807, 2.05) is 13.8 Å². The molecular weight excluding hydrogens is 146 g/mol. The van der Waals surface area contributed by atoms with Crippen LogP contribution in [0.4, 0.5) is 0 Å². The average Bonchev–Trinajstić information content (AvgIpc) is 2.09. The first-order valence-corrected chi connectivity index (χ1v) is 5.14. The van der Waals surface area contributed by atoms with Gasteiger partial charge in [-0.3, -0.25) is 0 Å². The molecule has 0 aromatic carbocycles. The van der Waals surface area contributed by atoms with Gasteiger partial charge in [-0.05, 0) is 19.9 Å². The molecule has 1 rings (SSSR count). The van der Waals surface area contributed by atoms with Crippen LogP contribution < -0.4 is 0 Å². The van der Waals surface area contributed by atoms with Gasteiger partial charge in [-0.25, -0.2) is 0 Å². The maximum absolute atomic E-state index is 2.34. The number of quaternary nitrogens is 1. The van der Waals surface area contributed by atoms with Crippen molar-refractivity contribution in [2.75, 3.05) is 20.1 Å². The van der Waals surface area contributed by atoms with Gasteiger partial charge in [-0.15, -0.1) is 0 Å². The zero-order chi connectivity index (χ0) is 9.61. The predicted molar refractivity (Wildman–Crippen MR) is 56.2 cm³/mol. The largest absolute Gasteiger partial charge is 0.321 e. The van der Waals surface area contributed by atoms with Crippen molar-refractivity contribution < 1.29 is 4.48 Å². The molecule has 0 radical (unpaired) electrons. The summed E-state index contributed by atoms with van der Waals surface area (Å²) in [5.74, 6) is 0. The molecule has 0 saturated heterocycles. The number of rotatable bonds is 1. The van der Waals surface area contributed by atoms with E-state index in [0.717, 1.165) is 6.04 Å². The molecule has 0 aromatic rings. The van der Waals surface area contributed by atoms with E-state index in [2.05, 4.69) is 33.0 Å². The average molecular weight is 170 g/mol. The Kier molecular flexibility index (Phi) is 5.23. The lowest BCUT2D eigenvalue weighted by Crippen LogP contribution is -2.51. The molecule has 1 heteroatoms. The molecule has 0 spiro atoms. The Hall–Kier alpha value is -0.300. The van der Waals surface area contributed by atoms with E-state index >= 15 is 0 Å². The van der Waals surface area contributed by atoms with Crippen molar-refractivity contribution in [1.29, 1.82) is 0 Å². The van der Waals surface area contributed by atoms with Crippen molar-refractivity contribution in [2.45, 2.75) is 40.2 Å². The fraction of sp³-hybridized carbons (Fsp3) is 0.818. The second-order valence-corrected chi connectivity index (χ2v) is 3.74. The summed E-state index contributed by atoms with van der Waals surface area (Å²) in [5.41, 5.74) is 0. The van der Waals surface area contributed by atoms with Crippen LogP contribution in [-0.2, 0) is 0 Å².